The minimum atomic E-state index is -1.09. The summed E-state index contributed by atoms with van der Waals surface area (Å²) in [6.45, 7) is 3.88. The van der Waals surface area contributed by atoms with Crippen LogP contribution in [-0.2, 0) is 21.5 Å². The third-order valence-electron chi connectivity index (χ3n) is 6.45. The number of anilines is 1. The lowest BCUT2D eigenvalue weighted by Gasteiger charge is -2.33. The SMILES string of the molecule is CC(C)c1ccc(-c2nnc(NC(=O)CN3C(=O)N[C@]4(CCCc5ccccc54)C3=O)s2)cc1. The van der Waals surface area contributed by atoms with Gasteiger partial charge in [-0.1, -0.05) is 73.7 Å². The minimum Gasteiger partial charge on any atom is -0.319 e. The van der Waals surface area contributed by atoms with Gasteiger partial charge in [0.05, 0.1) is 0 Å². The summed E-state index contributed by atoms with van der Waals surface area (Å²) in [5.74, 6) is -0.449. The highest BCUT2D eigenvalue weighted by atomic mass is 32.1. The molecule has 3 aromatic rings. The lowest BCUT2D eigenvalue weighted by molar-refractivity contribution is -0.134. The van der Waals surface area contributed by atoms with Crippen molar-refractivity contribution in [2.24, 2.45) is 0 Å². The second-order valence-electron chi connectivity index (χ2n) is 8.97. The van der Waals surface area contributed by atoms with Gasteiger partial charge in [-0.25, -0.2) is 4.79 Å². The van der Waals surface area contributed by atoms with Crippen LogP contribution in [0.4, 0.5) is 9.93 Å². The standard InChI is InChI=1S/C25H25N5O3S/c1-15(2)16-9-11-18(12-10-16)21-28-29-23(34-21)26-20(31)14-30-22(32)25(27-24(30)33)13-5-7-17-6-3-4-8-19(17)25/h3-4,6,8-12,15H,5,7,13-14H2,1-2H3,(H,27,33)(H,26,29,31)/t25-/m0/s1. The number of aromatic nitrogens is 2. The lowest BCUT2D eigenvalue weighted by Crippen LogP contribution is -2.47. The van der Waals surface area contributed by atoms with E-state index in [1.165, 1.54) is 16.9 Å². The summed E-state index contributed by atoms with van der Waals surface area (Å²) in [4.78, 5) is 39.7. The molecule has 2 N–H and O–H groups in total. The van der Waals surface area contributed by atoms with Crippen molar-refractivity contribution in [3.63, 3.8) is 0 Å². The molecule has 2 aliphatic rings. The highest BCUT2D eigenvalue weighted by Crippen LogP contribution is 2.39. The Bertz CT molecular complexity index is 1270. The zero-order chi connectivity index (χ0) is 23.9. The fraction of sp³-hybridized carbons (Fsp3) is 0.320. The van der Waals surface area contributed by atoms with E-state index in [4.69, 9.17) is 0 Å². The molecular weight excluding hydrogens is 450 g/mol. The molecule has 1 atom stereocenters. The van der Waals surface area contributed by atoms with Crippen LogP contribution in [0, 0.1) is 0 Å². The Hall–Kier alpha value is -3.59. The number of fused-ring (bicyclic) bond motifs is 2. The van der Waals surface area contributed by atoms with Crippen LogP contribution in [0.1, 0.15) is 49.3 Å². The van der Waals surface area contributed by atoms with Gasteiger partial charge in [-0.05, 0) is 41.9 Å². The molecule has 0 radical (unpaired) electrons. The molecule has 8 nitrogen and oxygen atoms in total. The van der Waals surface area contributed by atoms with Gasteiger partial charge in [0.1, 0.15) is 17.1 Å². The van der Waals surface area contributed by atoms with E-state index in [0.717, 1.165) is 34.4 Å². The van der Waals surface area contributed by atoms with E-state index in [0.29, 0.717) is 22.5 Å². The quantitative estimate of drug-likeness (QED) is 0.542. The molecule has 174 valence electrons. The molecule has 1 fully saturated rings. The molecule has 0 unspecified atom stereocenters. The van der Waals surface area contributed by atoms with E-state index in [2.05, 4.69) is 46.8 Å². The molecule has 1 aliphatic heterocycles. The van der Waals surface area contributed by atoms with Crippen molar-refractivity contribution in [2.45, 2.75) is 44.6 Å². The summed E-state index contributed by atoms with van der Waals surface area (Å²) in [5.41, 5.74) is 2.92. The van der Waals surface area contributed by atoms with E-state index >= 15 is 0 Å². The molecular formula is C25H25N5O3S. The van der Waals surface area contributed by atoms with Gasteiger partial charge >= 0.3 is 6.03 Å². The number of hydrogen-bond donors (Lipinski definition) is 2. The number of nitrogens with zero attached hydrogens (tertiary/aromatic N) is 3. The molecule has 34 heavy (non-hydrogen) atoms. The van der Waals surface area contributed by atoms with Gasteiger partial charge in [-0.3, -0.25) is 19.8 Å². The fourth-order valence-electron chi connectivity index (χ4n) is 4.66. The molecule has 9 heteroatoms. The van der Waals surface area contributed by atoms with Gasteiger partial charge in [-0.15, -0.1) is 10.2 Å². The number of benzene rings is 2. The number of nitrogens with one attached hydrogen (secondary N) is 2. The number of urea groups is 1. The van der Waals surface area contributed by atoms with Crippen molar-refractivity contribution in [3.05, 3.63) is 65.2 Å². The van der Waals surface area contributed by atoms with Crippen molar-refractivity contribution in [1.82, 2.24) is 20.4 Å². The Balaban J connectivity index is 1.28. The van der Waals surface area contributed by atoms with Gasteiger partial charge in [-0.2, -0.15) is 0 Å². The first-order chi connectivity index (χ1) is 16.4. The Morgan fingerprint density at radius 2 is 1.91 bits per heavy atom. The van der Waals surface area contributed by atoms with Crippen LogP contribution in [0.15, 0.2) is 48.5 Å². The first kappa shape index (κ1) is 22.2. The van der Waals surface area contributed by atoms with Crippen LogP contribution in [0.2, 0.25) is 0 Å². The van der Waals surface area contributed by atoms with Crippen LogP contribution in [0.5, 0.6) is 0 Å². The van der Waals surface area contributed by atoms with Gasteiger partial charge in [0.25, 0.3) is 5.91 Å². The van der Waals surface area contributed by atoms with Crippen LogP contribution >= 0.6 is 11.3 Å². The maximum Gasteiger partial charge on any atom is 0.325 e. The van der Waals surface area contributed by atoms with Gasteiger partial charge in [0.2, 0.25) is 11.0 Å². The Morgan fingerprint density at radius 3 is 2.68 bits per heavy atom. The molecule has 2 aromatic carbocycles. The molecule has 0 saturated carbocycles. The summed E-state index contributed by atoms with van der Waals surface area (Å²) in [6, 6.07) is 15.2. The average Bonchev–Trinajstić information content (AvgIpc) is 3.38. The van der Waals surface area contributed by atoms with E-state index in [1.807, 2.05) is 36.4 Å². The predicted octanol–water partition coefficient (Wildman–Crippen LogP) is 4.05. The number of imide groups is 1. The van der Waals surface area contributed by atoms with Gasteiger partial charge in [0, 0.05) is 5.56 Å². The number of carbonyl (C=O) groups is 3. The smallest absolute Gasteiger partial charge is 0.319 e. The Morgan fingerprint density at radius 1 is 1.15 bits per heavy atom. The maximum absolute atomic E-state index is 13.3. The van der Waals surface area contributed by atoms with Crippen LogP contribution in [0.25, 0.3) is 10.6 Å². The summed E-state index contributed by atoms with van der Waals surface area (Å²) in [7, 11) is 0. The lowest BCUT2D eigenvalue weighted by atomic mass is 9.76. The second kappa shape index (κ2) is 8.64. The van der Waals surface area contributed by atoms with Crippen LogP contribution < -0.4 is 10.6 Å². The number of carbonyl (C=O) groups excluding carboxylic acids is 3. The molecule has 0 bridgehead atoms. The predicted molar refractivity (Wildman–Crippen MR) is 129 cm³/mol. The maximum atomic E-state index is 13.3. The summed E-state index contributed by atoms with van der Waals surface area (Å²) >= 11 is 1.24. The van der Waals surface area contributed by atoms with Crippen LogP contribution in [-0.4, -0.2) is 39.5 Å². The van der Waals surface area contributed by atoms with Crippen molar-refractivity contribution in [2.75, 3.05) is 11.9 Å². The fourth-order valence-corrected chi connectivity index (χ4v) is 5.42. The molecule has 4 amide bonds. The Labute approximate surface area is 201 Å². The molecule has 1 aliphatic carbocycles. The van der Waals surface area contributed by atoms with Crippen molar-refractivity contribution >= 4 is 34.3 Å². The van der Waals surface area contributed by atoms with Crippen molar-refractivity contribution < 1.29 is 14.4 Å². The van der Waals surface area contributed by atoms with E-state index in [1.54, 1.807) is 0 Å². The topological polar surface area (TPSA) is 104 Å². The highest BCUT2D eigenvalue weighted by Gasteiger charge is 2.54. The summed E-state index contributed by atoms with van der Waals surface area (Å²) in [5, 5.41) is 14.7. The zero-order valence-electron chi connectivity index (χ0n) is 19.0. The number of aryl methyl sites for hydroxylation is 1. The minimum absolute atomic E-state index is 0.317. The van der Waals surface area contributed by atoms with Gasteiger partial charge < -0.3 is 5.32 Å². The molecule has 2 heterocycles. The Kier molecular flexibility index (Phi) is 5.65. The number of amides is 4. The van der Waals surface area contributed by atoms with E-state index in [9.17, 15) is 14.4 Å². The van der Waals surface area contributed by atoms with E-state index in [-0.39, 0.29) is 12.5 Å². The summed E-state index contributed by atoms with van der Waals surface area (Å²) < 4.78 is 0. The van der Waals surface area contributed by atoms with Crippen LogP contribution in [0.3, 0.4) is 0 Å². The van der Waals surface area contributed by atoms with Gasteiger partial charge in [0.15, 0.2) is 0 Å². The normalized spacial score (nSPS) is 19.4. The number of hydrogen-bond acceptors (Lipinski definition) is 6. The largest absolute Gasteiger partial charge is 0.325 e. The molecule has 1 saturated heterocycles. The molecule has 5 rings (SSSR count). The average molecular weight is 476 g/mol. The third-order valence-corrected chi connectivity index (χ3v) is 7.34. The summed E-state index contributed by atoms with van der Waals surface area (Å²) in [6.07, 6.45) is 2.16. The highest BCUT2D eigenvalue weighted by molar-refractivity contribution is 7.18. The zero-order valence-corrected chi connectivity index (χ0v) is 19.8. The monoisotopic (exact) mass is 475 g/mol. The first-order valence-corrected chi connectivity index (χ1v) is 12.2. The molecule has 1 aromatic heterocycles. The van der Waals surface area contributed by atoms with E-state index < -0.39 is 17.5 Å². The van der Waals surface area contributed by atoms with Crippen molar-refractivity contribution in [3.8, 4) is 10.6 Å². The first-order valence-electron chi connectivity index (χ1n) is 11.3. The third kappa shape index (κ3) is 3.86. The second-order valence-corrected chi connectivity index (χ2v) is 9.95. The van der Waals surface area contributed by atoms with Crippen molar-refractivity contribution in [1.29, 1.82) is 0 Å². The number of rotatable bonds is 5. The molecule has 1 spiro atoms.